The van der Waals surface area contributed by atoms with Gasteiger partial charge in [-0.3, -0.25) is 4.90 Å². The number of nitrogens with one attached hydrogen (secondary N) is 2. The first-order valence-corrected chi connectivity index (χ1v) is 11.0. The average Bonchev–Trinajstić information content (AvgIpc) is 2.78. The van der Waals surface area contributed by atoms with Crippen molar-refractivity contribution >= 4 is 35.8 Å². The van der Waals surface area contributed by atoms with Gasteiger partial charge in [-0.15, -0.1) is 24.0 Å². The van der Waals surface area contributed by atoms with Gasteiger partial charge in [0.15, 0.2) is 5.96 Å². The van der Waals surface area contributed by atoms with E-state index in [2.05, 4.69) is 64.7 Å². The monoisotopic (exact) mass is 536 g/mol. The highest BCUT2D eigenvalue weighted by Gasteiger charge is 2.24. The Bertz CT molecular complexity index is 803. The van der Waals surface area contributed by atoms with Gasteiger partial charge in [-0.25, -0.2) is 9.98 Å². The molecule has 0 amide bonds. The molecule has 2 aromatic rings. The highest BCUT2D eigenvalue weighted by Crippen LogP contribution is 2.24. The van der Waals surface area contributed by atoms with Crippen molar-refractivity contribution in [2.24, 2.45) is 4.99 Å². The summed E-state index contributed by atoms with van der Waals surface area (Å²) < 4.78 is 0. The molecular formula is C24H37IN6. The Hall–Kier alpha value is -1.87. The van der Waals surface area contributed by atoms with Crippen molar-refractivity contribution in [3.63, 3.8) is 0 Å². The van der Waals surface area contributed by atoms with Gasteiger partial charge in [0.05, 0.1) is 12.2 Å². The van der Waals surface area contributed by atoms with E-state index in [4.69, 9.17) is 4.99 Å². The Morgan fingerprint density at radius 1 is 1.13 bits per heavy atom. The number of hydrogen-bond acceptors (Lipinski definition) is 4. The largest absolute Gasteiger partial charge is 0.363 e. The van der Waals surface area contributed by atoms with E-state index >= 15 is 0 Å². The summed E-state index contributed by atoms with van der Waals surface area (Å²) in [6.45, 7) is 8.02. The fourth-order valence-electron chi connectivity index (χ4n) is 3.85. The van der Waals surface area contributed by atoms with Crippen molar-refractivity contribution in [1.82, 2.24) is 20.5 Å². The molecular weight excluding hydrogens is 499 g/mol. The van der Waals surface area contributed by atoms with E-state index in [1.807, 2.05) is 37.2 Å². The molecule has 0 bridgehead atoms. The lowest BCUT2D eigenvalue weighted by Crippen LogP contribution is -2.49. The van der Waals surface area contributed by atoms with Gasteiger partial charge in [0, 0.05) is 45.8 Å². The smallest absolute Gasteiger partial charge is 0.191 e. The molecule has 1 saturated heterocycles. The van der Waals surface area contributed by atoms with Crippen LogP contribution in [0.5, 0.6) is 0 Å². The number of rotatable bonds is 7. The molecule has 1 fully saturated rings. The number of hydrogen-bond donors (Lipinski definition) is 2. The van der Waals surface area contributed by atoms with Crippen LogP contribution in [0.25, 0.3) is 0 Å². The Morgan fingerprint density at radius 3 is 2.48 bits per heavy atom. The molecule has 6 nitrogen and oxygen atoms in total. The topological polar surface area (TPSA) is 55.8 Å². The summed E-state index contributed by atoms with van der Waals surface area (Å²) in [5.41, 5.74) is 2.37. The Balaban J connectivity index is 0.00000341. The summed E-state index contributed by atoms with van der Waals surface area (Å²) in [5.74, 6) is 1.84. The molecule has 170 valence electrons. The standard InChI is InChI=1S/C24H36N6.HI/c1-5-25-24(26-18-22-12-9-13-23(27-22)29(3)4)28-21-14-16-30(17-15-21)19(2)20-10-7-6-8-11-20;/h6-13,19,21H,5,14-18H2,1-4H3,(H2,25,26,28);1H. The Labute approximate surface area is 204 Å². The second-order valence-corrected chi connectivity index (χ2v) is 8.12. The molecule has 0 spiro atoms. The number of likely N-dealkylation sites (tertiary alicyclic amines) is 1. The lowest BCUT2D eigenvalue weighted by Gasteiger charge is -2.37. The van der Waals surface area contributed by atoms with Crippen LogP contribution in [0.2, 0.25) is 0 Å². The number of benzene rings is 1. The van der Waals surface area contributed by atoms with Crippen molar-refractivity contribution < 1.29 is 0 Å². The molecule has 0 saturated carbocycles. The summed E-state index contributed by atoms with van der Waals surface area (Å²) in [4.78, 5) is 14.0. The number of guanidine groups is 1. The lowest BCUT2D eigenvalue weighted by molar-refractivity contribution is 0.158. The van der Waals surface area contributed by atoms with Crippen LogP contribution in [0.15, 0.2) is 53.5 Å². The van der Waals surface area contributed by atoms with Gasteiger partial charge in [-0.2, -0.15) is 0 Å². The summed E-state index contributed by atoms with van der Waals surface area (Å²) >= 11 is 0. The van der Waals surface area contributed by atoms with Gasteiger partial charge >= 0.3 is 0 Å². The third kappa shape index (κ3) is 7.64. The summed E-state index contributed by atoms with van der Waals surface area (Å²) in [6, 6.07) is 17.8. The third-order valence-corrected chi connectivity index (χ3v) is 5.69. The van der Waals surface area contributed by atoms with Crippen molar-refractivity contribution in [3.8, 4) is 0 Å². The minimum Gasteiger partial charge on any atom is -0.363 e. The predicted molar refractivity (Wildman–Crippen MR) is 141 cm³/mol. The van der Waals surface area contributed by atoms with Gasteiger partial charge in [0.2, 0.25) is 0 Å². The fourth-order valence-corrected chi connectivity index (χ4v) is 3.85. The number of halogens is 1. The molecule has 1 aromatic carbocycles. The highest BCUT2D eigenvalue weighted by atomic mass is 127. The molecule has 1 aliphatic rings. The predicted octanol–water partition coefficient (Wildman–Crippen LogP) is 4.05. The summed E-state index contributed by atoms with van der Waals surface area (Å²) in [6.07, 6.45) is 2.24. The van der Waals surface area contributed by atoms with Crippen molar-refractivity contribution in [1.29, 1.82) is 0 Å². The van der Waals surface area contributed by atoms with Crippen LogP contribution in [-0.4, -0.2) is 55.6 Å². The number of nitrogens with zero attached hydrogens (tertiary/aromatic N) is 4. The normalized spacial score (nSPS) is 16.3. The molecule has 3 rings (SSSR count). The SMILES string of the molecule is CCNC(=NCc1cccc(N(C)C)n1)NC1CCN(C(C)c2ccccc2)CC1.I. The van der Waals surface area contributed by atoms with Crippen molar-refractivity contribution in [2.45, 2.75) is 45.3 Å². The van der Waals surface area contributed by atoms with Crippen LogP contribution < -0.4 is 15.5 Å². The van der Waals surface area contributed by atoms with Crippen LogP contribution in [0.3, 0.4) is 0 Å². The zero-order valence-electron chi connectivity index (χ0n) is 19.2. The third-order valence-electron chi connectivity index (χ3n) is 5.69. The minimum absolute atomic E-state index is 0. The lowest BCUT2D eigenvalue weighted by atomic mass is 10.0. The maximum atomic E-state index is 4.78. The number of aliphatic imine (C=N–C) groups is 1. The Morgan fingerprint density at radius 2 is 1.84 bits per heavy atom. The first kappa shape index (κ1) is 25.4. The molecule has 0 aliphatic carbocycles. The molecule has 7 heteroatoms. The van der Waals surface area contributed by atoms with E-state index < -0.39 is 0 Å². The molecule has 1 aliphatic heterocycles. The number of piperidine rings is 1. The highest BCUT2D eigenvalue weighted by molar-refractivity contribution is 14.0. The van der Waals surface area contributed by atoms with Crippen molar-refractivity contribution in [2.75, 3.05) is 38.6 Å². The van der Waals surface area contributed by atoms with E-state index in [1.165, 1.54) is 5.56 Å². The van der Waals surface area contributed by atoms with E-state index in [9.17, 15) is 0 Å². The van der Waals surface area contributed by atoms with E-state index in [-0.39, 0.29) is 24.0 Å². The fraction of sp³-hybridized carbons (Fsp3) is 0.500. The zero-order chi connectivity index (χ0) is 21.3. The molecule has 0 radical (unpaired) electrons. The number of anilines is 1. The summed E-state index contributed by atoms with van der Waals surface area (Å²) in [7, 11) is 4.01. The van der Waals surface area contributed by atoms with Crippen LogP contribution in [-0.2, 0) is 6.54 Å². The second kappa shape index (κ2) is 12.9. The van der Waals surface area contributed by atoms with Crippen LogP contribution in [0.1, 0.15) is 44.0 Å². The molecule has 1 aromatic heterocycles. The van der Waals surface area contributed by atoms with E-state index in [0.717, 1.165) is 49.9 Å². The maximum Gasteiger partial charge on any atom is 0.191 e. The zero-order valence-corrected chi connectivity index (χ0v) is 21.5. The molecule has 1 unspecified atom stereocenters. The molecule has 31 heavy (non-hydrogen) atoms. The van der Waals surface area contributed by atoms with Gasteiger partial charge in [-0.05, 0) is 44.4 Å². The molecule has 2 N–H and O–H groups in total. The molecule has 1 atom stereocenters. The quantitative estimate of drug-likeness (QED) is 0.318. The maximum absolute atomic E-state index is 4.78. The van der Waals surface area contributed by atoms with Crippen LogP contribution >= 0.6 is 24.0 Å². The number of aromatic nitrogens is 1. The van der Waals surface area contributed by atoms with Gasteiger partial charge in [0.1, 0.15) is 5.82 Å². The molecule has 2 heterocycles. The van der Waals surface area contributed by atoms with Crippen LogP contribution in [0.4, 0.5) is 5.82 Å². The number of pyridine rings is 1. The summed E-state index contributed by atoms with van der Waals surface area (Å²) in [5, 5.41) is 7.02. The van der Waals surface area contributed by atoms with Crippen LogP contribution in [0, 0.1) is 0 Å². The second-order valence-electron chi connectivity index (χ2n) is 8.12. The van der Waals surface area contributed by atoms with Gasteiger partial charge in [-0.1, -0.05) is 36.4 Å². The first-order chi connectivity index (χ1) is 14.6. The van der Waals surface area contributed by atoms with Gasteiger partial charge in [0.25, 0.3) is 0 Å². The van der Waals surface area contributed by atoms with E-state index in [0.29, 0.717) is 18.6 Å². The first-order valence-electron chi connectivity index (χ1n) is 11.0. The van der Waals surface area contributed by atoms with Crippen molar-refractivity contribution in [3.05, 3.63) is 59.8 Å². The minimum atomic E-state index is 0. The van der Waals surface area contributed by atoms with E-state index in [1.54, 1.807) is 0 Å². The average molecular weight is 537 g/mol. The Kier molecular flexibility index (Phi) is 10.5. The van der Waals surface area contributed by atoms with Gasteiger partial charge < -0.3 is 15.5 Å².